The van der Waals surface area contributed by atoms with Gasteiger partial charge in [0, 0.05) is 0 Å². The number of aliphatic hydroxyl groups is 1. The van der Waals surface area contributed by atoms with Crippen molar-refractivity contribution in [3.63, 3.8) is 0 Å². The van der Waals surface area contributed by atoms with Crippen LogP contribution in [0.2, 0.25) is 0 Å². The molecule has 2 unspecified atom stereocenters. The minimum absolute atomic E-state index is 0.111. The molecule has 0 heterocycles. The van der Waals surface area contributed by atoms with E-state index in [-0.39, 0.29) is 6.54 Å². The number of likely N-dealkylation sites (N-methyl/N-ethyl adjacent to an activating group) is 1. The Bertz CT molecular complexity index is 205. The van der Waals surface area contributed by atoms with Gasteiger partial charge in [-0.1, -0.05) is 0 Å². The standard InChI is InChI=1S/C4H9NO3.C4H9NO2/c1-2(6)3(5)4(7)8;1-5(2)3-4(6)7/h2-3,6H,5H2,1H3,(H,7,8);3H2,1-2H3,(H,6,7). The van der Waals surface area contributed by atoms with Crippen molar-refractivity contribution in [2.24, 2.45) is 5.73 Å². The monoisotopic (exact) mass is 222 g/mol. The highest BCUT2D eigenvalue weighted by molar-refractivity contribution is 5.73. The van der Waals surface area contributed by atoms with Crippen LogP contribution in [0.1, 0.15) is 6.92 Å². The van der Waals surface area contributed by atoms with E-state index in [9.17, 15) is 9.59 Å². The quantitative estimate of drug-likeness (QED) is 0.452. The summed E-state index contributed by atoms with van der Waals surface area (Å²) in [6.45, 7) is 1.44. The zero-order chi connectivity index (χ0) is 12.6. The minimum atomic E-state index is -1.18. The van der Waals surface area contributed by atoms with Gasteiger partial charge in [0.15, 0.2) is 0 Å². The first-order valence-corrected chi connectivity index (χ1v) is 4.21. The van der Waals surface area contributed by atoms with E-state index in [0.717, 1.165) is 0 Å². The van der Waals surface area contributed by atoms with E-state index >= 15 is 0 Å². The molecule has 15 heavy (non-hydrogen) atoms. The summed E-state index contributed by atoms with van der Waals surface area (Å²) < 4.78 is 0. The fourth-order valence-corrected chi connectivity index (χ4v) is 0.477. The van der Waals surface area contributed by atoms with Crippen LogP contribution in [0.3, 0.4) is 0 Å². The molecule has 7 heteroatoms. The smallest absolute Gasteiger partial charge is 0.323 e. The van der Waals surface area contributed by atoms with Crippen molar-refractivity contribution in [1.82, 2.24) is 4.90 Å². The van der Waals surface area contributed by atoms with Gasteiger partial charge in [-0.05, 0) is 21.0 Å². The Morgan fingerprint density at radius 3 is 1.73 bits per heavy atom. The van der Waals surface area contributed by atoms with Crippen molar-refractivity contribution in [3.05, 3.63) is 0 Å². The lowest BCUT2D eigenvalue weighted by Crippen LogP contribution is -2.39. The first kappa shape index (κ1) is 16.3. The molecule has 0 aromatic carbocycles. The summed E-state index contributed by atoms with van der Waals surface area (Å²) in [5.41, 5.74) is 4.91. The first-order valence-electron chi connectivity index (χ1n) is 4.21. The number of carboxylic acid groups (broad SMARTS) is 2. The fraction of sp³-hybridized carbons (Fsp3) is 0.750. The average molecular weight is 222 g/mol. The maximum Gasteiger partial charge on any atom is 0.323 e. The number of carbonyl (C=O) groups is 2. The zero-order valence-electron chi connectivity index (χ0n) is 9.04. The molecule has 0 rings (SSSR count). The molecular weight excluding hydrogens is 204 g/mol. The predicted octanol–water partition coefficient (Wildman–Crippen LogP) is -1.59. The number of rotatable bonds is 4. The van der Waals surface area contributed by atoms with Gasteiger partial charge in [0.1, 0.15) is 6.04 Å². The molecule has 0 saturated carbocycles. The molecule has 0 bridgehead atoms. The highest BCUT2D eigenvalue weighted by Crippen LogP contribution is 1.85. The molecule has 0 fully saturated rings. The van der Waals surface area contributed by atoms with Crippen molar-refractivity contribution in [3.8, 4) is 0 Å². The average Bonchev–Trinajstić information content (AvgIpc) is 2.00. The predicted molar refractivity (Wildman–Crippen MR) is 53.5 cm³/mol. The maximum absolute atomic E-state index is 9.86. The van der Waals surface area contributed by atoms with Crippen LogP contribution in [0.5, 0.6) is 0 Å². The highest BCUT2D eigenvalue weighted by Gasteiger charge is 2.16. The number of nitrogens with zero attached hydrogens (tertiary/aromatic N) is 1. The molecule has 0 aliphatic carbocycles. The van der Waals surface area contributed by atoms with E-state index in [1.165, 1.54) is 6.92 Å². The molecule has 0 radical (unpaired) electrons. The van der Waals surface area contributed by atoms with Gasteiger partial charge < -0.3 is 21.1 Å². The molecule has 0 spiro atoms. The van der Waals surface area contributed by atoms with Crippen molar-refractivity contribution >= 4 is 11.9 Å². The summed E-state index contributed by atoms with van der Waals surface area (Å²) >= 11 is 0. The Balaban J connectivity index is 0. The van der Waals surface area contributed by atoms with Crippen molar-refractivity contribution < 1.29 is 24.9 Å². The van der Waals surface area contributed by atoms with Crippen LogP contribution in [0.4, 0.5) is 0 Å². The number of hydrogen-bond acceptors (Lipinski definition) is 5. The van der Waals surface area contributed by atoms with Gasteiger partial charge in [0.05, 0.1) is 12.6 Å². The Morgan fingerprint density at radius 2 is 1.73 bits per heavy atom. The largest absolute Gasteiger partial charge is 0.480 e. The topological polar surface area (TPSA) is 124 Å². The molecule has 0 saturated heterocycles. The summed E-state index contributed by atoms with van der Waals surface area (Å²) in [5, 5.41) is 24.6. The van der Waals surface area contributed by atoms with Gasteiger partial charge in [-0.3, -0.25) is 14.5 Å². The third-order valence-corrected chi connectivity index (χ3v) is 1.26. The molecule has 0 aromatic heterocycles. The molecule has 0 amide bonds. The molecule has 0 aromatic rings. The van der Waals surface area contributed by atoms with E-state index < -0.39 is 24.1 Å². The van der Waals surface area contributed by atoms with Crippen LogP contribution in [0.15, 0.2) is 0 Å². The van der Waals surface area contributed by atoms with Crippen LogP contribution in [-0.2, 0) is 9.59 Å². The highest BCUT2D eigenvalue weighted by atomic mass is 16.4. The maximum atomic E-state index is 9.86. The van der Waals surface area contributed by atoms with Crippen molar-refractivity contribution in [2.45, 2.75) is 19.1 Å². The van der Waals surface area contributed by atoms with Crippen LogP contribution in [0, 0.1) is 0 Å². The number of nitrogens with two attached hydrogens (primary N) is 1. The van der Waals surface area contributed by atoms with Gasteiger partial charge in [-0.15, -0.1) is 0 Å². The Hall–Kier alpha value is -1.18. The van der Waals surface area contributed by atoms with Gasteiger partial charge >= 0.3 is 11.9 Å². The second-order valence-corrected chi connectivity index (χ2v) is 3.24. The van der Waals surface area contributed by atoms with E-state index in [0.29, 0.717) is 0 Å². The molecule has 90 valence electrons. The van der Waals surface area contributed by atoms with E-state index in [2.05, 4.69) is 0 Å². The van der Waals surface area contributed by atoms with Crippen LogP contribution in [-0.4, -0.2) is 64.9 Å². The van der Waals surface area contributed by atoms with Crippen LogP contribution < -0.4 is 5.73 Å². The Morgan fingerprint density at radius 1 is 1.33 bits per heavy atom. The lowest BCUT2D eigenvalue weighted by molar-refractivity contribution is -0.141. The normalized spacial score (nSPS) is 13.7. The number of hydrogen-bond donors (Lipinski definition) is 4. The second-order valence-electron chi connectivity index (χ2n) is 3.24. The van der Waals surface area contributed by atoms with Gasteiger partial charge in [-0.2, -0.15) is 0 Å². The SMILES string of the molecule is CC(O)C(N)C(=O)O.CN(C)CC(=O)O. The number of carboxylic acids is 2. The second kappa shape index (κ2) is 8.16. The summed E-state index contributed by atoms with van der Waals surface area (Å²) in [7, 11) is 3.43. The lowest BCUT2D eigenvalue weighted by Gasteiger charge is -2.06. The van der Waals surface area contributed by atoms with E-state index in [1.807, 2.05) is 0 Å². The third kappa shape index (κ3) is 12.8. The molecule has 2 atom stereocenters. The van der Waals surface area contributed by atoms with Crippen molar-refractivity contribution in [2.75, 3.05) is 20.6 Å². The summed E-state index contributed by atoms with van der Waals surface area (Å²) in [6.07, 6.45) is -0.979. The summed E-state index contributed by atoms with van der Waals surface area (Å²) in [4.78, 5) is 21.2. The zero-order valence-corrected chi connectivity index (χ0v) is 9.04. The first-order chi connectivity index (χ1) is 6.68. The Kier molecular flexibility index (Phi) is 8.84. The lowest BCUT2D eigenvalue weighted by atomic mass is 10.2. The van der Waals surface area contributed by atoms with Gasteiger partial charge in [-0.25, -0.2) is 0 Å². The summed E-state index contributed by atoms with van der Waals surface area (Å²) in [6, 6.07) is -1.16. The molecule has 7 nitrogen and oxygen atoms in total. The number of aliphatic hydroxyl groups excluding tert-OH is 1. The fourth-order valence-electron chi connectivity index (χ4n) is 0.477. The molecule has 5 N–H and O–H groups in total. The van der Waals surface area contributed by atoms with Crippen molar-refractivity contribution in [1.29, 1.82) is 0 Å². The van der Waals surface area contributed by atoms with Crippen LogP contribution >= 0.6 is 0 Å². The Labute approximate surface area is 88.1 Å². The number of aliphatic carboxylic acids is 2. The molecular formula is C8H18N2O5. The summed E-state index contributed by atoms with van der Waals surface area (Å²) in [5.74, 6) is -1.97. The minimum Gasteiger partial charge on any atom is -0.480 e. The van der Waals surface area contributed by atoms with E-state index in [4.69, 9.17) is 21.1 Å². The molecule has 0 aliphatic heterocycles. The third-order valence-electron chi connectivity index (χ3n) is 1.26. The van der Waals surface area contributed by atoms with Crippen LogP contribution in [0.25, 0.3) is 0 Å². The van der Waals surface area contributed by atoms with Gasteiger partial charge in [0.25, 0.3) is 0 Å². The van der Waals surface area contributed by atoms with E-state index in [1.54, 1.807) is 19.0 Å². The molecule has 0 aliphatic rings. The van der Waals surface area contributed by atoms with Gasteiger partial charge in [0.2, 0.25) is 0 Å².